The van der Waals surface area contributed by atoms with Crippen molar-refractivity contribution in [1.82, 2.24) is 0 Å². The van der Waals surface area contributed by atoms with Crippen molar-refractivity contribution in [2.24, 2.45) is 5.73 Å². The number of unbranched alkanes of at least 4 members (excludes halogenated alkanes) is 11. The van der Waals surface area contributed by atoms with E-state index in [2.05, 4.69) is 23.6 Å². The standard InChI is InChI=1S/C40H76NO10P.Na/c1-3-5-7-9-11-13-15-17-18-20-22-24-26-28-30-32-39(43)51-36(34-49-52(46,47)50-35-37(41)40(44)45)33-48-38(42)31-29-27-25-23-21-19-16-14-12-10-8-6-4-2;/h17-18,36-37H,3-16,19-35,41H2,1-2H3,(H,44,45)(H,46,47);/b18-17-;/t36-,37+;/m1./s1/i2D3,4D2,6D2,8D2,10D2,12D2,14D2,16D2,19D2,21D2,23D2,25D2,27D2,29D2,31D2;. The van der Waals surface area contributed by atoms with E-state index in [1.165, 1.54) is 25.7 Å². The van der Waals surface area contributed by atoms with Gasteiger partial charge in [-0.05, 0) is 38.5 Å². The van der Waals surface area contributed by atoms with Gasteiger partial charge in [0.25, 0.3) is 0 Å². The largest absolute Gasteiger partial charge is 0.480 e. The van der Waals surface area contributed by atoms with Crippen LogP contribution in [-0.4, -0.2) is 89.4 Å². The number of allylic oxidation sites excluding steroid dienone is 2. The molecule has 0 heterocycles. The molecule has 53 heavy (non-hydrogen) atoms. The van der Waals surface area contributed by atoms with E-state index in [0.717, 1.165) is 38.5 Å². The van der Waals surface area contributed by atoms with Gasteiger partial charge in [-0.15, -0.1) is 0 Å². The fourth-order valence-electron chi connectivity index (χ4n) is 3.79. The molecule has 0 aliphatic rings. The van der Waals surface area contributed by atoms with Crippen LogP contribution in [0.15, 0.2) is 12.2 Å². The molecule has 307 valence electrons. The van der Waals surface area contributed by atoms with Gasteiger partial charge in [-0.3, -0.25) is 23.4 Å². The molecule has 0 aromatic rings. The predicted octanol–water partition coefficient (Wildman–Crippen LogP) is 10.1. The minimum absolute atomic E-state index is 0. The Morgan fingerprint density at radius 2 is 1.21 bits per heavy atom. The van der Waals surface area contributed by atoms with Crippen LogP contribution in [0.2, 0.25) is 0 Å². The van der Waals surface area contributed by atoms with Gasteiger partial charge in [0.15, 0.2) is 6.10 Å². The number of hydrogen-bond acceptors (Lipinski definition) is 9. The van der Waals surface area contributed by atoms with E-state index in [1.807, 2.05) is 0 Å². The Hall–Kier alpha value is -0.780. The molecule has 0 rings (SSSR count). The minimum atomic E-state index is -5.32. The zero-order chi connectivity index (χ0) is 66.2. The Kier molecular flexibility index (Phi) is 15.5. The van der Waals surface area contributed by atoms with Crippen LogP contribution < -0.4 is 5.73 Å². The number of carboxylic acids is 1. The number of carbonyl (C=O) groups is 3. The van der Waals surface area contributed by atoms with E-state index in [9.17, 15) is 23.8 Å². The van der Waals surface area contributed by atoms with Crippen LogP contribution in [0.25, 0.3) is 0 Å². The Balaban J connectivity index is 0. The van der Waals surface area contributed by atoms with Gasteiger partial charge in [-0.25, -0.2) is 4.57 Å². The average molecular weight is 816 g/mol. The number of aliphatic carboxylic acids is 1. The second-order valence-electron chi connectivity index (χ2n) is 10.8. The second kappa shape index (κ2) is 39.5. The van der Waals surface area contributed by atoms with Crippen LogP contribution in [0, 0.1) is 0 Å². The topological polar surface area (TPSA) is 172 Å². The second-order valence-corrected chi connectivity index (χ2v) is 12.3. The van der Waals surface area contributed by atoms with Crippen LogP contribution >= 0.6 is 7.82 Å². The first-order valence-electron chi connectivity index (χ1n) is 32.4. The van der Waals surface area contributed by atoms with Crippen molar-refractivity contribution >= 4 is 55.3 Å². The third kappa shape index (κ3) is 39.3. The third-order valence-electron chi connectivity index (χ3n) is 6.41. The molecule has 0 aromatic heterocycles. The van der Waals surface area contributed by atoms with Crippen molar-refractivity contribution in [3.8, 4) is 0 Å². The average Bonchev–Trinajstić information content (AvgIpc) is 2.47. The van der Waals surface area contributed by atoms with Crippen molar-refractivity contribution in [2.75, 3.05) is 19.8 Å². The SMILES string of the molecule is [2H]C([2H])([2H])C([2H])([2H])C([2H])([2H])C([2H])([2H])C([2H])([2H])C([2H])([2H])C([2H])([2H])C([2H])([2H])C([2H])([2H])C([2H])([2H])C([2H])([2H])C([2H])([2H])C([2H])([2H])C([2H])([2H])C([2H])([2H])C(=O)OC[C@H](COP(=O)(O)OC[C@H](N)C(=O)O)OC(=O)CCCCCCC/C=C\CCCCCCCC.[Na]. The van der Waals surface area contributed by atoms with Crippen molar-refractivity contribution in [2.45, 2.75) is 205 Å². The Morgan fingerprint density at radius 1 is 0.717 bits per heavy atom. The molecule has 1 radical (unpaired) electrons. The summed E-state index contributed by atoms with van der Waals surface area (Å²) in [4.78, 5) is 47.5. The molecule has 0 amide bonds. The van der Waals surface area contributed by atoms with Crippen molar-refractivity contribution in [3.63, 3.8) is 0 Å². The molecule has 0 aromatic carbocycles. The molecule has 0 saturated carbocycles. The Labute approximate surface area is 388 Å². The summed E-state index contributed by atoms with van der Waals surface area (Å²) in [5, 5.41) is 8.96. The van der Waals surface area contributed by atoms with E-state index in [1.54, 1.807) is 0 Å². The summed E-state index contributed by atoms with van der Waals surface area (Å²) < 4.78 is 285. The monoisotopic (exact) mass is 816 g/mol. The number of phosphoric acid groups is 1. The number of esters is 2. The van der Waals surface area contributed by atoms with E-state index in [4.69, 9.17) is 67.3 Å². The third-order valence-corrected chi connectivity index (χ3v) is 7.36. The summed E-state index contributed by atoms with van der Waals surface area (Å²) in [6.45, 7) is -5.95. The van der Waals surface area contributed by atoms with Gasteiger partial charge in [-0.2, -0.15) is 0 Å². The maximum atomic E-state index is 13.4. The first kappa shape index (κ1) is 20.8. The Bertz CT molecular complexity index is 2220. The molecule has 13 heteroatoms. The van der Waals surface area contributed by atoms with Gasteiger partial charge in [0.2, 0.25) is 0 Å². The first-order valence-corrected chi connectivity index (χ1v) is 18.4. The zero-order valence-corrected chi connectivity index (χ0v) is 33.4. The summed E-state index contributed by atoms with van der Waals surface area (Å²) in [5.74, 6) is -5.35. The van der Waals surface area contributed by atoms with Gasteiger partial charge < -0.3 is 25.2 Å². The quantitative estimate of drug-likeness (QED) is 0.0177. The molecule has 4 N–H and O–H groups in total. The normalized spacial score (nSPS) is 26.4. The number of rotatable bonds is 39. The Morgan fingerprint density at radius 3 is 1.75 bits per heavy atom. The van der Waals surface area contributed by atoms with Gasteiger partial charge in [-0.1, -0.05) is 154 Å². The maximum Gasteiger partial charge on any atom is 0.472 e. The molecule has 0 spiro atoms. The molecule has 3 atom stereocenters. The van der Waals surface area contributed by atoms with Gasteiger partial charge in [0.05, 0.1) is 13.2 Å². The maximum absolute atomic E-state index is 13.4. The fourth-order valence-corrected chi connectivity index (χ4v) is 4.57. The summed E-state index contributed by atoms with van der Waals surface area (Å²) in [5.41, 5.74) is 5.25. The summed E-state index contributed by atoms with van der Waals surface area (Å²) in [6, 6.07) is -1.87. The number of carboxylic acid groups (broad SMARTS) is 1. The molecule has 0 fully saturated rings. The van der Waals surface area contributed by atoms with Crippen LogP contribution in [0.4, 0.5) is 0 Å². The summed E-state index contributed by atoms with van der Waals surface area (Å²) in [6.07, 6.45) is -56.7. The zero-order valence-electron chi connectivity index (χ0n) is 61.5. The smallest absolute Gasteiger partial charge is 0.472 e. The number of nitrogens with two attached hydrogens (primary N) is 1. The molecule has 0 aliphatic heterocycles. The van der Waals surface area contributed by atoms with Gasteiger partial charge in [0, 0.05) is 84.8 Å². The predicted molar refractivity (Wildman–Crippen MR) is 214 cm³/mol. The number of phosphoric ester groups is 1. The van der Waals surface area contributed by atoms with Gasteiger partial charge >= 0.3 is 25.7 Å². The first-order chi connectivity index (χ1) is 36.8. The molecule has 0 bridgehead atoms. The summed E-state index contributed by atoms with van der Waals surface area (Å²) in [7, 11) is -5.32. The molecular weight excluding hydrogens is 708 g/mol. The van der Waals surface area contributed by atoms with Crippen LogP contribution in [0.1, 0.15) is 235 Å². The molecule has 1 unspecified atom stereocenters. The van der Waals surface area contributed by atoms with Crippen molar-refractivity contribution in [3.05, 3.63) is 12.2 Å². The van der Waals surface area contributed by atoms with Crippen LogP contribution in [0.3, 0.4) is 0 Å². The summed E-state index contributed by atoms with van der Waals surface area (Å²) >= 11 is 0. The van der Waals surface area contributed by atoms with Crippen molar-refractivity contribution < 1.29 is 90.0 Å². The van der Waals surface area contributed by atoms with Crippen LogP contribution in [-0.2, 0) is 37.5 Å². The van der Waals surface area contributed by atoms with E-state index < -0.39 is 154 Å². The number of hydrogen-bond donors (Lipinski definition) is 3. The van der Waals surface area contributed by atoms with E-state index in [-0.39, 0.29) is 42.4 Å². The molecular formula is C40H76NNaO10P. The fraction of sp³-hybridized carbons (Fsp3) is 0.875. The number of ether oxygens (including phenoxy) is 2. The van der Waals surface area contributed by atoms with Crippen LogP contribution in [0.5, 0.6) is 0 Å². The van der Waals surface area contributed by atoms with Gasteiger partial charge in [0.1, 0.15) is 12.6 Å². The molecule has 0 aliphatic carbocycles. The van der Waals surface area contributed by atoms with E-state index in [0.29, 0.717) is 12.8 Å². The molecule has 11 nitrogen and oxygen atoms in total. The molecule has 0 saturated heterocycles. The van der Waals surface area contributed by atoms with Crippen molar-refractivity contribution in [1.29, 1.82) is 0 Å². The van der Waals surface area contributed by atoms with E-state index >= 15 is 0 Å². The number of carbonyl (C=O) groups excluding carboxylic acids is 2. The minimum Gasteiger partial charge on any atom is -0.480 e.